The predicted octanol–water partition coefficient (Wildman–Crippen LogP) is 5.72. The van der Waals surface area contributed by atoms with Crippen molar-refractivity contribution in [3.05, 3.63) is 70.8 Å². The zero-order valence-corrected chi connectivity index (χ0v) is 22.1. The monoisotopic (exact) mass is 492 g/mol. The van der Waals surface area contributed by atoms with Gasteiger partial charge >= 0.3 is 0 Å². The lowest BCUT2D eigenvalue weighted by Crippen LogP contribution is -2.34. The molecule has 0 aromatic heterocycles. The largest absolute Gasteiger partial charge is 0.507 e. The first-order valence-corrected chi connectivity index (χ1v) is 13.1. The Balaban J connectivity index is 1.93. The lowest BCUT2D eigenvalue weighted by Gasteiger charge is -2.27. The van der Waals surface area contributed by atoms with E-state index in [0.29, 0.717) is 17.9 Å². The maximum Gasteiger partial charge on any atom is 0.295 e. The molecule has 1 N–H and O–H groups in total. The zero-order chi connectivity index (χ0) is 26.1. The Morgan fingerprint density at radius 2 is 1.61 bits per heavy atom. The van der Waals surface area contributed by atoms with Gasteiger partial charge < -0.3 is 19.6 Å². The lowest BCUT2D eigenvalue weighted by atomic mass is 9.95. The second kappa shape index (κ2) is 13.3. The molecule has 1 unspecified atom stereocenters. The molecule has 1 saturated heterocycles. The number of methoxy groups -OCH3 is 1. The molecule has 3 rings (SSSR count). The maximum atomic E-state index is 13.3. The smallest absolute Gasteiger partial charge is 0.295 e. The van der Waals surface area contributed by atoms with E-state index in [1.807, 2.05) is 43.3 Å². The number of Topliss-reactive ketones (excluding diaryl/α,β-unsaturated/α-hetero) is 1. The van der Waals surface area contributed by atoms with Crippen molar-refractivity contribution < 1.29 is 19.4 Å². The van der Waals surface area contributed by atoms with Gasteiger partial charge in [-0.05, 0) is 63.5 Å². The molecule has 36 heavy (non-hydrogen) atoms. The first-order chi connectivity index (χ1) is 17.4. The van der Waals surface area contributed by atoms with Crippen LogP contribution >= 0.6 is 0 Å². The number of aliphatic hydroxyl groups excluding tert-OH is 1. The highest BCUT2D eigenvalue weighted by molar-refractivity contribution is 6.46. The van der Waals surface area contributed by atoms with Gasteiger partial charge in [-0.3, -0.25) is 9.59 Å². The van der Waals surface area contributed by atoms with Crippen molar-refractivity contribution in [2.45, 2.75) is 58.9 Å². The minimum absolute atomic E-state index is 0.130. The van der Waals surface area contributed by atoms with Crippen LogP contribution in [-0.2, 0) is 9.59 Å². The summed E-state index contributed by atoms with van der Waals surface area (Å²) in [6.45, 7) is 9.74. The van der Waals surface area contributed by atoms with E-state index in [2.05, 4.69) is 18.7 Å². The van der Waals surface area contributed by atoms with Crippen molar-refractivity contribution in [1.82, 2.24) is 9.80 Å². The average molecular weight is 493 g/mol. The number of aliphatic hydroxyl groups is 1. The van der Waals surface area contributed by atoms with Crippen LogP contribution < -0.4 is 4.74 Å². The van der Waals surface area contributed by atoms with Gasteiger partial charge in [-0.2, -0.15) is 0 Å². The van der Waals surface area contributed by atoms with E-state index in [-0.39, 0.29) is 11.3 Å². The number of unbranched alkanes of at least 4 members (excludes halogenated alkanes) is 2. The first-order valence-electron chi connectivity index (χ1n) is 13.1. The molecule has 1 aliphatic heterocycles. The molecule has 0 spiro atoms. The summed E-state index contributed by atoms with van der Waals surface area (Å²) in [5.41, 5.74) is 2.45. The third-order valence-corrected chi connectivity index (χ3v) is 6.80. The molecule has 0 bridgehead atoms. The normalized spacial score (nSPS) is 17.2. The zero-order valence-electron chi connectivity index (χ0n) is 22.1. The van der Waals surface area contributed by atoms with E-state index in [4.69, 9.17) is 4.74 Å². The molecule has 1 amide bonds. The van der Waals surface area contributed by atoms with E-state index in [1.165, 1.54) is 0 Å². The van der Waals surface area contributed by atoms with Crippen LogP contribution in [0.25, 0.3) is 5.76 Å². The Kier molecular flexibility index (Phi) is 10.1. The number of likely N-dealkylation sites (tertiary alicyclic amines) is 1. The number of hydrogen-bond donors (Lipinski definition) is 1. The summed E-state index contributed by atoms with van der Waals surface area (Å²) in [6, 6.07) is 14.0. The van der Waals surface area contributed by atoms with Crippen molar-refractivity contribution >= 4 is 17.4 Å². The summed E-state index contributed by atoms with van der Waals surface area (Å²) in [4.78, 5) is 30.6. The van der Waals surface area contributed by atoms with Crippen LogP contribution in [0, 0.1) is 6.92 Å². The van der Waals surface area contributed by atoms with Crippen LogP contribution in [0.1, 0.15) is 68.7 Å². The van der Waals surface area contributed by atoms with Gasteiger partial charge in [-0.1, -0.05) is 68.7 Å². The van der Waals surface area contributed by atoms with E-state index < -0.39 is 17.7 Å². The number of carbonyl (C=O) groups is 2. The molecule has 1 aliphatic rings. The molecule has 0 radical (unpaired) electrons. The minimum Gasteiger partial charge on any atom is -0.507 e. The van der Waals surface area contributed by atoms with Gasteiger partial charge in [0, 0.05) is 12.1 Å². The number of benzene rings is 2. The molecule has 1 fully saturated rings. The topological polar surface area (TPSA) is 70.1 Å². The molecule has 6 nitrogen and oxygen atoms in total. The van der Waals surface area contributed by atoms with Crippen LogP contribution in [-0.4, -0.2) is 59.9 Å². The Bertz CT molecular complexity index is 1050. The number of ketones is 1. The molecular weight excluding hydrogens is 452 g/mol. The summed E-state index contributed by atoms with van der Waals surface area (Å²) in [7, 11) is 1.59. The highest BCUT2D eigenvalue weighted by Gasteiger charge is 2.45. The van der Waals surface area contributed by atoms with Crippen molar-refractivity contribution in [3.63, 3.8) is 0 Å². The third kappa shape index (κ3) is 6.55. The van der Waals surface area contributed by atoms with E-state index >= 15 is 0 Å². The van der Waals surface area contributed by atoms with Crippen molar-refractivity contribution in [2.24, 2.45) is 0 Å². The molecule has 2 aromatic carbocycles. The number of ether oxygens (including phenoxy) is 1. The standard InChI is InChI=1S/C30H40N2O4/c1-5-7-17-31(18-8-6-2)19-10-20-32-27(24-11-9-12-25(21-24)36-4)26(29(34)30(32)35)28(33)23-15-13-22(3)14-16-23/h9,11-16,21,27,33H,5-8,10,17-20H2,1-4H3/b28-26-. The highest BCUT2D eigenvalue weighted by Crippen LogP contribution is 2.40. The fraction of sp³-hybridized carbons (Fsp3) is 0.467. The van der Waals surface area contributed by atoms with Crippen LogP contribution in [0.3, 0.4) is 0 Å². The highest BCUT2D eigenvalue weighted by atomic mass is 16.5. The number of amides is 1. The SMILES string of the molecule is CCCCN(CCCC)CCCN1C(=O)C(=O)/C(=C(\O)c2ccc(C)cc2)C1c1cccc(OC)c1. The number of carbonyl (C=O) groups excluding carboxylic acids is 2. The molecule has 2 aromatic rings. The molecular formula is C30H40N2O4. The molecule has 0 aliphatic carbocycles. The number of nitrogens with zero attached hydrogens (tertiary/aromatic N) is 2. The van der Waals surface area contributed by atoms with Gasteiger partial charge in [0.05, 0.1) is 18.7 Å². The average Bonchev–Trinajstić information content (AvgIpc) is 3.15. The summed E-state index contributed by atoms with van der Waals surface area (Å²) in [5.74, 6) is -0.713. The van der Waals surface area contributed by atoms with Crippen LogP contribution in [0.15, 0.2) is 54.1 Å². The van der Waals surface area contributed by atoms with Gasteiger partial charge in [0.1, 0.15) is 11.5 Å². The summed E-state index contributed by atoms with van der Waals surface area (Å²) in [6.07, 6.45) is 5.34. The van der Waals surface area contributed by atoms with E-state index in [1.54, 1.807) is 24.1 Å². The molecule has 1 heterocycles. The Morgan fingerprint density at radius 1 is 0.972 bits per heavy atom. The number of aryl methyl sites for hydroxylation is 1. The lowest BCUT2D eigenvalue weighted by molar-refractivity contribution is -0.140. The third-order valence-electron chi connectivity index (χ3n) is 6.80. The van der Waals surface area contributed by atoms with Crippen molar-refractivity contribution in [3.8, 4) is 5.75 Å². The van der Waals surface area contributed by atoms with Gasteiger partial charge in [-0.25, -0.2) is 0 Å². The summed E-state index contributed by atoms with van der Waals surface area (Å²) in [5, 5.41) is 11.2. The maximum absolute atomic E-state index is 13.3. The Hall–Kier alpha value is -3.12. The fourth-order valence-corrected chi connectivity index (χ4v) is 4.70. The van der Waals surface area contributed by atoms with Gasteiger partial charge in [-0.15, -0.1) is 0 Å². The van der Waals surface area contributed by atoms with Crippen molar-refractivity contribution in [1.29, 1.82) is 0 Å². The summed E-state index contributed by atoms with van der Waals surface area (Å²) < 4.78 is 5.41. The molecule has 194 valence electrons. The Morgan fingerprint density at radius 3 is 2.22 bits per heavy atom. The first kappa shape index (κ1) is 27.5. The summed E-state index contributed by atoms with van der Waals surface area (Å²) >= 11 is 0. The quantitative estimate of drug-likeness (QED) is 0.220. The van der Waals surface area contributed by atoms with E-state index in [9.17, 15) is 14.7 Å². The van der Waals surface area contributed by atoms with Gasteiger partial charge in [0.15, 0.2) is 0 Å². The minimum atomic E-state index is -0.666. The van der Waals surface area contributed by atoms with Crippen LogP contribution in [0.4, 0.5) is 0 Å². The van der Waals surface area contributed by atoms with Crippen molar-refractivity contribution in [2.75, 3.05) is 33.3 Å². The van der Waals surface area contributed by atoms with Crippen LogP contribution in [0.5, 0.6) is 5.75 Å². The number of hydrogen-bond acceptors (Lipinski definition) is 5. The van der Waals surface area contributed by atoms with Crippen LogP contribution in [0.2, 0.25) is 0 Å². The van der Waals surface area contributed by atoms with E-state index in [0.717, 1.165) is 62.9 Å². The Labute approximate surface area is 215 Å². The van der Waals surface area contributed by atoms with Gasteiger partial charge in [0.2, 0.25) is 0 Å². The number of rotatable bonds is 13. The second-order valence-electron chi connectivity index (χ2n) is 9.54. The molecule has 6 heteroatoms. The molecule has 0 saturated carbocycles. The predicted molar refractivity (Wildman–Crippen MR) is 144 cm³/mol. The van der Waals surface area contributed by atoms with Gasteiger partial charge in [0.25, 0.3) is 11.7 Å². The fourth-order valence-electron chi connectivity index (χ4n) is 4.70. The molecule has 1 atom stereocenters. The second-order valence-corrected chi connectivity index (χ2v) is 9.54.